The van der Waals surface area contributed by atoms with Gasteiger partial charge in [0.25, 0.3) is 5.22 Å². The first-order valence-corrected chi connectivity index (χ1v) is 7.48. The molecule has 2 aromatic rings. The lowest BCUT2D eigenvalue weighted by Crippen LogP contribution is -1.99. The highest BCUT2D eigenvalue weighted by atomic mass is 32.2. The molecule has 3 rings (SSSR count). The summed E-state index contributed by atoms with van der Waals surface area (Å²) < 4.78 is 21.5. The van der Waals surface area contributed by atoms with E-state index < -0.39 is 0 Å². The van der Waals surface area contributed by atoms with E-state index in [4.69, 9.17) is 18.6 Å². The van der Waals surface area contributed by atoms with Crippen LogP contribution in [-0.2, 0) is 4.74 Å². The zero-order chi connectivity index (χ0) is 14.7. The van der Waals surface area contributed by atoms with Gasteiger partial charge in [0, 0.05) is 17.4 Å². The zero-order valence-electron chi connectivity index (χ0n) is 11.9. The minimum atomic E-state index is 0.392. The van der Waals surface area contributed by atoms with Crippen LogP contribution in [0.2, 0.25) is 0 Å². The summed E-state index contributed by atoms with van der Waals surface area (Å²) >= 11 is 1.56. The number of hydrogen-bond acceptors (Lipinski definition) is 7. The summed E-state index contributed by atoms with van der Waals surface area (Å²) in [5.41, 5.74) is 0.801. The molecule has 0 aliphatic carbocycles. The van der Waals surface area contributed by atoms with Gasteiger partial charge in [-0.05, 0) is 24.6 Å². The minimum Gasteiger partial charge on any atom is -0.493 e. The van der Waals surface area contributed by atoms with E-state index in [-0.39, 0.29) is 0 Å². The van der Waals surface area contributed by atoms with E-state index in [1.807, 2.05) is 18.2 Å². The second-order valence-electron chi connectivity index (χ2n) is 4.55. The lowest BCUT2D eigenvalue weighted by atomic mass is 10.2. The Labute approximate surface area is 126 Å². The zero-order valence-corrected chi connectivity index (χ0v) is 12.7. The van der Waals surface area contributed by atoms with Crippen LogP contribution in [0.4, 0.5) is 0 Å². The Bertz CT molecular complexity index is 611. The third-order valence-electron chi connectivity index (χ3n) is 3.19. The van der Waals surface area contributed by atoms with Gasteiger partial charge in [-0.2, -0.15) is 0 Å². The highest BCUT2D eigenvalue weighted by Crippen LogP contribution is 2.34. The molecule has 1 aromatic heterocycles. The van der Waals surface area contributed by atoms with Crippen LogP contribution in [0.25, 0.3) is 11.5 Å². The van der Waals surface area contributed by atoms with Crippen molar-refractivity contribution in [3.63, 3.8) is 0 Å². The van der Waals surface area contributed by atoms with Crippen LogP contribution in [0, 0.1) is 0 Å². The first kappa shape index (κ1) is 14.2. The average Bonchev–Trinajstić information content (AvgIpc) is 3.19. The highest BCUT2D eigenvalue weighted by molar-refractivity contribution is 7.99. The second kappa shape index (κ2) is 6.36. The smallest absolute Gasteiger partial charge is 0.277 e. The Kier molecular flexibility index (Phi) is 4.31. The summed E-state index contributed by atoms with van der Waals surface area (Å²) in [6.45, 7) is 1.53. The Balaban J connectivity index is 1.78. The van der Waals surface area contributed by atoms with Crippen LogP contribution >= 0.6 is 11.8 Å². The SMILES string of the molecule is COc1ccc(-c2nnc(S[C@@H]3CCOC3)o2)cc1OC. The van der Waals surface area contributed by atoms with E-state index in [2.05, 4.69) is 10.2 Å². The minimum absolute atomic E-state index is 0.392. The molecule has 1 aliphatic heterocycles. The van der Waals surface area contributed by atoms with Gasteiger partial charge in [0.15, 0.2) is 11.5 Å². The normalized spacial score (nSPS) is 17.9. The summed E-state index contributed by atoms with van der Waals surface area (Å²) in [6.07, 6.45) is 1.01. The summed E-state index contributed by atoms with van der Waals surface area (Å²) in [7, 11) is 3.19. The monoisotopic (exact) mass is 308 g/mol. The van der Waals surface area contributed by atoms with Crippen molar-refractivity contribution in [3.8, 4) is 23.0 Å². The van der Waals surface area contributed by atoms with Crippen LogP contribution < -0.4 is 9.47 Å². The van der Waals surface area contributed by atoms with Crippen LogP contribution in [0.3, 0.4) is 0 Å². The number of benzene rings is 1. The van der Waals surface area contributed by atoms with E-state index >= 15 is 0 Å². The first-order chi connectivity index (χ1) is 10.3. The van der Waals surface area contributed by atoms with Gasteiger partial charge in [0.1, 0.15) is 0 Å². The van der Waals surface area contributed by atoms with Crippen LogP contribution in [0.15, 0.2) is 27.8 Å². The standard InChI is InChI=1S/C14H16N2O4S/c1-17-11-4-3-9(7-12(11)18-2)13-15-16-14(20-13)21-10-5-6-19-8-10/h3-4,7,10H,5-6,8H2,1-2H3/t10-/m1/s1. The summed E-state index contributed by atoms with van der Waals surface area (Å²) in [5, 5.41) is 9.11. The molecular weight excluding hydrogens is 292 g/mol. The lowest BCUT2D eigenvalue weighted by Gasteiger charge is -2.07. The summed E-state index contributed by atoms with van der Waals surface area (Å²) in [6, 6.07) is 5.50. The molecule has 1 saturated heterocycles. The summed E-state index contributed by atoms with van der Waals surface area (Å²) in [5.74, 6) is 1.77. The maximum absolute atomic E-state index is 5.69. The van der Waals surface area contributed by atoms with Crippen molar-refractivity contribution in [1.29, 1.82) is 0 Å². The molecule has 6 nitrogen and oxygen atoms in total. The molecule has 0 bridgehead atoms. The molecule has 0 N–H and O–H groups in total. The number of methoxy groups -OCH3 is 2. The lowest BCUT2D eigenvalue weighted by molar-refractivity contribution is 0.199. The van der Waals surface area contributed by atoms with E-state index in [0.717, 1.165) is 25.2 Å². The molecule has 1 atom stereocenters. The van der Waals surface area contributed by atoms with E-state index in [1.165, 1.54) is 0 Å². The fourth-order valence-corrected chi connectivity index (χ4v) is 2.97. The number of thioether (sulfide) groups is 1. The van der Waals surface area contributed by atoms with E-state index in [9.17, 15) is 0 Å². The molecule has 112 valence electrons. The fourth-order valence-electron chi connectivity index (χ4n) is 2.09. The van der Waals surface area contributed by atoms with Crippen LogP contribution in [0.5, 0.6) is 11.5 Å². The predicted octanol–water partition coefficient (Wildman–Crippen LogP) is 2.63. The highest BCUT2D eigenvalue weighted by Gasteiger charge is 2.20. The van der Waals surface area contributed by atoms with Gasteiger partial charge >= 0.3 is 0 Å². The molecule has 0 amide bonds. The average molecular weight is 308 g/mol. The molecule has 0 radical (unpaired) electrons. The summed E-state index contributed by atoms with van der Waals surface area (Å²) in [4.78, 5) is 0. The molecule has 21 heavy (non-hydrogen) atoms. The molecule has 0 saturated carbocycles. The van der Waals surface area contributed by atoms with Crippen LogP contribution in [-0.4, -0.2) is 42.9 Å². The molecule has 1 fully saturated rings. The Morgan fingerprint density at radius 2 is 2.05 bits per heavy atom. The largest absolute Gasteiger partial charge is 0.493 e. The van der Waals surface area contributed by atoms with Crippen molar-refractivity contribution in [2.75, 3.05) is 27.4 Å². The van der Waals surface area contributed by atoms with Gasteiger partial charge in [0.2, 0.25) is 5.89 Å². The third-order valence-corrected chi connectivity index (χ3v) is 4.26. The van der Waals surface area contributed by atoms with Gasteiger partial charge in [-0.3, -0.25) is 0 Å². The van der Waals surface area contributed by atoms with Gasteiger partial charge in [-0.1, -0.05) is 11.8 Å². The van der Waals surface area contributed by atoms with E-state index in [1.54, 1.807) is 26.0 Å². The number of aromatic nitrogens is 2. The maximum atomic E-state index is 5.69. The molecule has 1 aliphatic rings. The molecule has 0 spiro atoms. The van der Waals surface area contributed by atoms with Gasteiger partial charge in [-0.25, -0.2) is 0 Å². The van der Waals surface area contributed by atoms with Gasteiger partial charge in [0.05, 0.1) is 20.8 Å². The van der Waals surface area contributed by atoms with Crippen molar-refractivity contribution in [2.45, 2.75) is 16.9 Å². The van der Waals surface area contributed by atoms with Crippen LogP contribution in [0.1, 0.15) is 6.42 Å². The number of rotatable bonds is 5. The quantitative estimate of drug-likeness (QED) is 0.841. The maximum Gasteiger partial charge on any atom is 0.277 e. The van der Waals surface area contributed by atoms with Crippen molar-refractivity contribution in [2.24, 2.45) is 0 Å². The molecular formula is C14H16N2O4S. The molecule has 7 heteroatoms. The number of nitrogens with zero attached hydrogens (tertiary/aromatic N) is 2. The van der Waals surface area contributed by atoms with E-state index in [0.29, 0.717) is 27.9 Å². The fraction of sp³-hybridized carbons (Fsp3) is 0.429. The molecule has 1 aromatic carbocycles. The Morgan fingerprint density at radius 1 is 1.19 bits per heavy atom. The first-order valence-electron chi connectivity index (χ1n) is 6.60. The Hall–Kier alpha value is -1.73. The number of ether oxygens (including phenoxy) is 3. The van der Waals surface area contributed by atoms with Crippen molar-refractivity contribution >= 4 is 11.8 Å². The van der Waals surface area contributed by atoms with Gasteiger partial charge < -0.3 is 18.6 Å². The van der Waals surface area contributed by atoms with Crippen molar-refractivity contribution < 1.29 is 18.6 Å². The Morgan fingerprint density at radius 3 is 2.76 bits per heavy atom. The topological polar surface area (TPSA) is 66.6 Å². The van der Waals surface area contributed by atoms with Crippen molar-refractivity contribution in [3.05, 3.63) is 18.2 Å². The second-order valence-corrected chi connectivity index (χ2v) is 5.80. The predicted molar refractivity (Wildman–Crippen MR) is 77.9 cm³/mol. The third kappa shape index (κ3) is 3.14. The van der Waals surface area contributed by atoms with Gasteiger partial charge in [-0.15, -0.1) is 10.2 Å². The molecule has 0 unspecified atom stereocenters. The van der Waals surface area contributed by atoms with Crippen molar-refractivity contribution in [1.82, 2.24) is 10.2 Å². The number of hydrogen-bond donors (Lipinski definition) is 0. The molecule has 2 heterocycles.